The van der Waals surface area contributed by atoms with Crippen LogP contribution in [0.15, 0.2) is 29.3 Å². The van der Waals surface area contributed by atoms with Crippen LogP contribution < -0.4 is 4.90 Å². The third-order valence-corrected chi connectivity index (χ3v) is 2.69. The Bertz CT molecular complexity index is 387. The van der Waals surface area contributed by atoms with Crippen LogP contribution >= 0.6 is 0 Å². The van der Waals surface area contributed by atoms with Crippen LogP contribution in [0.3, 0.4) is 0 Å². The molecule has 2 heterocycles. The standard InChI is InChI=1S/C11H12N2O/c1-2-4-10-9(3-1)5-7-13(10)11-12-6-8-14-11/h1-4H,5-8H2. The Labute approximate surface area is 83.0 Å². The fourth-order valence-electron chi connectivity index (χ4n) is 2.02. The van der Waals surface area contributed by atoms with Gasteiger partial charge in [0.05, 0.1) is 6.54 Å². The molecule has 0 aromatic heterocycles. The first-order valence-corrected chi connectivity index (χ1v) is 4.98. The molecule has 0 N–H and O–H groups in total. The van der Waals surface area contributed by atoms with E-state index in [-0.39, 0.29) is 0 Å². The van der Waals surface area contributed by atoms with Gasteiger partial charge < -0.3 is 4.74 Å². The van der Waals surface area contributed by atoms with Gasteiger partial charge in [-0.1, -0.05) is 18.2 Å². The van der Waals surface area contributed by atoms with Gasteiger partial charge in [0, 0.05) is 12.2 Å². The van der Waals surface area contributed by atoms with Crippen LogP contribution in [-0.4, -0.2) is 25.7 Å². The average molecular weight is 188 g/mol. The maximum absolute atomic E-state index is 5.47. The highest BCUT2D eigenvalue weighted by Gasteiger charge is 2.25. The largest absolute Gasteiger partial charge is 0.463 e. The lowest BCUT2D eigenvalue weighted by Crippen LogP contribution is -2.28. The molecule has 0 saturated carbocycles. The molecule has 0 fully saturated rings. The van der Waals surface area contributed by atoms with Crippen LogP contribution in [0.4, 0.5) is 5.69 Å². The zero-order valence-corrected chi connectivity index (χ0v) is 7.94. The lowest BCUT2D eigenvalue weighted by atomic mass is 10.2. The van der Waals surface area contributed by atoms with Gasteiger partial charge >= 0.3 is 0 Å². The predicted octanol–water partition coefficient (Wildman–Crippen LogP) is 1.44. The molecule has 0 spiro atoms. The van der Waals surface area contributed by atoms with Crippen LogP contribution in [0, 0.1) is 0 Å². The highest BCUT2D eigenvalue weighted by molar-refractivity contribution is 5.94. The van der Waals surface area contributed by atoms with Crippen molar-refractivity contribution in [3.63, 3.8) is 0 Å². The molecule has 0 amide bonds. The fourth-order valence-corrected chi connectivity index (χ4v) is 2.02. The molecular weight excluding hydrogens is 176 g/mol. The second kappa shape index (κ2) is 3.01. The maximum atomic E-state index is 5.47. The third kappa shape index (κ3) is 1.09. The lowest BCUT2D eigenvalue weighted by Gasteiger charge is -2.17. The minimum absolute atomic E-state index is 0.730. The van der Waals surface area contributed by atoms with E-state index in [1.54, 1.807) is 0 Å². The average Bonchev–Trinajstić information content (AvgIpc) is 2.85. The summed E-state index contributed by atoms with van der Waals surface area (Å²) >= 11 is 0. The van der Waals surface area contributed by atoms with Crippen LogP contribution in [0.1, 0.15) is 5.56 Å². The number of anilines is 1. The van der Waals surface area contributed by atoms with Crippen molar-refractivity contribution >= 4 is 11.7 Å². The monoisotopic (exact) mass is 188 g/mol. The normalized spacial score (nSPS) is 19.1. The summed E-state index contributed by atoms with van der Waals surface area (Å²) in [4.78, 5) is 6.51. The molecule has 0 saturated heterocycles. The summed E-state index contributed by atoms with van der Waals surface area (Å²) in [6.07, 6.45) is 1.10. The molecule has 1 aromatic rings. The van der Waals surface area contributed by atoms with Crippen molar-refractivity contribution in [2.75, 3.05) is 24.6 Å². The topological polar surface area (TPSA) is 24.8 Å². The Morgan fingerprint density at radius 2 is 2.21 bits per heavy atom. The Morgan fingerprint density at radius 3 is 3.07 bits per heavy atom. The first kappa shape index (κ1) is 7.85. The zero-order chi connectivity index (χ0) is 9.38. The van der Waals surface area contributed by atoms with Gasteiger partial charge in [-0.05, 0) is 18.1 Å². The minimum atomic E-state index is 0.730. The van der Waals surface area contributed by atoms with Gasteiger partial charge in [-0.15, -0.1) is 0 Å². The molecule has 2 aliphatic heterocycles. The molecule has 0 radical (unpaired) electrons. The van der Waals surface area contributed by atoms with Crippen molar-refractivity contribution in [2.45, 2.75) is 6.42 Å². The van der Waals surface area contributed by atoms with E-state index in [2.05, 4.69) is 34.2 Å². The Kier molecular flexibility index (Phi) is 1.69. The smallest absolute Gasteiger partial charge is 0.292 e. The molecule has 3 nitrogen and oxygen atoms in total. The number of nitrogens with zero attached hydrogens (tertiary/aromatic N) is 2. The van der Waals surface area contributed by atoms with Gasteiger partial charge in [-0.2, -0.15) is 0 Å². The molecule has 0 unspecified atom stereocenters. The molecule has 72 valence electrons. The van der Waals surface area contributed by atoms with Gasteiger partial charge in [0.2, 0.25) is 0 Å². The quantitative estimate of drug-likeness (QED) is 0.615. The van der Waals surface area contributed by atoms with Crippen molar-refractivity contribution in [2.24, 2.45) is 4.99 Å². The summed E-state index contributed by atoms with van der Waals surface area (Å²) < 4.78 is 5.47. The van der Waals surface area contributed by atoms with E-state index >= 15 is 0 Å². The second-order valence-corrected chi connectivity index (χ2v) is 3.54. The molecule has 3 rings (SSSR count). The zero-order valence-electron chi connectivity index (χ0n) is 7.94. The highest BCUT2D eigenvalue weighted by Crippen LogP contribution is 2.28. The van der Waals surface area contributed by atoms with E-state index < -0.39 is 0 Å². The number of aliphatic imine (C=N–C) groups is 1. The minimum Gasteiger partial charge on any atom is -0.463 e. The van der Waals surface area contributed by atoms with E-state index in [1.807, 2.05) is 0 Å². The number of hydrogen-bond acceptors (Lipinski definition) is 3. The molecule has 1 aromatic carbocycles. The first-order valence-electron chi connectivity index (χ1n) is 4.98. The van der Waals surface area contributed by atoms with E-state index in [4.69, 9.17) is 4.74 Å². The van der Waals surface area contributed by atoms with Crippen LogP contribution in [-0.2, 0) is 11.2 Å². The summed E-state index contributed by atoms with van der Waals surface area (Å²) in [7, 11) is 0. The lowest BCUT2D eigenvalue weighted by molar-refractivity contribution is 0.339. The van der Waals surface area contributed by atoms with Crippen LogP contribution in [0.25, 0.3) is 0 Å². The maximum Gasteiger partial charge on any atom is 0.292 e. The highest BCUT2D eigenvalue weighted by atomic mass is 16.5. The number of fused-ring (bicyclic) bond motifs is 1. The van der Waals surface area contributed by atoms with E-state index in [1.165, 1.54) is 11.3 Å². The van der Waals surface area contributed by atoms with Crippen molar-refractivity contribution in [3.05, 3.63) is 29.8 Å². The second-order valence-electron chi connectivity index (χ2n) is 3.54. The molecule has 3 heteroatoms. The SMILES string of the molecule is c1ccc2c(c1)CCN2C1=NCCO1. The molecule has 0 bridgehead atoms. The van der Waals surface area contributed by atoms with Crippen molar-refractivity contribution < 1.29 is 4.74 Å². The van der Waals surface area contributed by atoms with Gasteiger partial charge in [0.15, 0.2) is 0 Å². The molecule has 14 heavy (non-hydrogen) atoms. The number of hydrogen-bond donors (Lipinski definition) is 0. The number of amidine groups is 1. The van der Waals surface area contributed by atoms with E-state index in [0.29, 0.717) is 0 Å². The summed E-state index contributed by atoms with van der Waals surface area (Å²) in [6, 6.07) is 9.25. The van der Waals surface area contributed by atoms with Gasteiger partial charge in [0.1, 0.15) is 6.61 Å². The fraction of sp³-hybridized carbons (Fsp3) is 0.364. The number of ether oxygens (including phenoxy) is 1. The first-order chi connectivity index (χ1) is 6.95. The summed E-state index contributed by atoms with van der Waals surface area (Å²) in [5, 5.41) is 0. The van der Waals surface area contributed by atoms with Crippen LogP contribution in [0.2, 0.25) is 0 Å². The molecule has 2 aliphatic rings. The van der Waals surface area contributed by atoms with Gasteiger partial charge in [0.25, 0.3) is 6.02 Å². The summed E-state index contributed by atoms with van der Waals surface area (Å²) in [6.45, 7) is 2.53. The molecule has 0 atom stereocenters. The molecular formula is C11H12N2O. The number of para-hydroxylation sites is 1. The van der Waals surface area contributed by atoms with Crippen molar-refractivity contribution in [3.8, 4) is 0 Å². The Balaban J connectivity index is 1.97. The van der Waals surface area contributed by atoms with E-state index in [0.717, 1.165) is 32.1 Å². The predicted molar refractivity (Wildman–Crippen MR) is 55.7 cm³/mol. The number of rotatable bonds is 0. The Hall–Kier alpha value is -1.51. The van der Waals surface area contributed by atoms with Gasteiger partial charge in [-0.3, -0.25) is 4.90 Å². The Morgan fingerprint density at radius 1 is 1.29 bits per heavy atom. The summed E-state index contributed by atoms with van der Waals surface area (Å²) in [5.74, 6) is 0. The summed E-state index contributed by atoms with van der Waals surface area (Å²) in [5.41, 5.74) is 2.65. The van der Waals surface area contributed by atoms with E-state index in [9.17, 15) is 0 Å². The van der Waals surface area contributed by atoms with Crippen LogP contribution in [0.5, 0.6) is 0 Å². The van der Waals surface area contributed by atoms with Gasteiger partial charge in [-0.25, -0.2) is 4.99 Å². The number of benzene rings is 1. The van der Waals surface area contributed by atoms with Crippen molar-refractivity contribution in [1.29, 1.82) is 0 Å². The third-order valence-electron chi connectivity index (χ3n) is 2.69. The van der Waals surface area contributed by atoms with Crippen molar-refractivity contribution in [1.82, 2.24) is 0 Å². The molecule has 0 aliphatic carbocycles.